The first-order chi connectivity index (χ1) is 8.23. The Morgan fingerprint density at radius 3 is 2.94 bits per heavy atom. The smallest absolute Gasteiger partial charge is 0.0417 e. The van der Waals surface area contributed by atoms with E-state index in [9.17, 15) is 0 Å². The van der Waals surface area contributed by atoms with Gasteiger partial charge in [0.1, 0.15) is 0 Å². The Bertz CT molecular complexity index is 244. The van der Waals surface area contributed by atoms with Crippen molar-refractivity contribution in [2.75, 3.05) is 19.4 Å². The van der Waals surface area contributed by atoms with Crippen molar-refractivity contribution in [3.8, 4) is 0 Å². The Labute approximate surface area is 123 Å². The van der Waals surface area contributed by atoms with Gasteiger partial charge in [0.2, 0.25) is 0 Å². The van der Waals surface area contributed by atoms with Crippen molar-refractivity contribution >= 4 is 39.1 Å². The van der Waals surface area contributed by atoms with Crippen LogP contribution in [-0.4, -0.2) is 34.0 Å². The molecule has 0 bridgehead atoms. The summed E-state index contributed by atoms with van der Waals surface area (Å²) >= 11 is 2.77. The van der Waals surface area contributed by atoms with Crippen LogP contribution in [0.2, 0.25) is 0 Å². The lowest BCUT2D eigenvalue weighted by Gasteiger charge is -2.40. The number of rotatable bonds is 5. The van der Waals surface area contributed by atoms with Crippen LogP contribution in [0.25, 0.3) is 0 Å². The second-order valence-electron chi connectivity index (χ2n) is 5.37. The summed E-state index contributed by atoms with van der Waals surface area (Å²) in [6.07, 6.45) is 11.8. The molecule has 5 atom stereocenters. The fraction of sp³-hybridized carbons (Fsp3) is 1.00. The second-order valence-corrected chi connectivity index (χ2v) is 12.3. The van der Waals surface area contributed by atoms with Gasteiger partial charge in [-0.05, 0) is 51.5 Å². The van der Waals surface area contributed by atoms with E-state index in [0.717, 1.165) is 9.32 Å². The molecule has 2 fully saturated rings. The van der Waals surface area contributed by atoms with Crippen LogP contribution in [0, 0.1) is 0 Å². The summed E-state index contributed by atoms with van der Waals surface area (Å²) < 4.78 is 0.982. The van der Waals surface area contributed by atoms with Crippen molar-refractivity contribution < 1.29 is 0 Å². The molecule has 1 N–H and O–H groups in total. The molecule has 0 aromatic rings. The van der Waals surface area contributed by atoms with Crippen molar-refractivity contribution in [3.63, 3.8) is 0 Å². The second kappa shape index (κ2) is 6.82. The van der Waals surface area contributed by atoms with Gasteiger partial charge in [0, 0.05) is 14.6 Å². The van der Waals surface area contributed by atoms with E-state index in [4.69, 9.17) is 0 Å². The third-order valence-corrected chi connectivity index (χ3v) is 12.8. The summed E-state index contributed by atoms with van der Waals surface area (Å²) in [4.78, 5) is 0. The molecule has 0 aromatic carbocycles. The topological polar surface area (TPSA) is 12.0 Å². The van der Waals surface area contributed by atoms with Crippen molar-refractivity contribution in [1.29, 1.82) is 0 Å². The van der Waals surface area contributed by atoms with Gasteiger partial charge in [-0.15, -0.1) is 0 Å². The van der Waals surface area contributed by atoms with Crippen LogP contribution in [0.5, 0.6) is 0 Å². The summed E-state index contributed by atoms with van der Waals surface area (Å²) in [5, 5.41) is 4.34. The quantitative estimate of drug-likeness (QED) is 0.415. The third-order valence-electron chi connectivity index (χ3n) is 4.38. The van der Waals surface area contributed by atoms with Gasteiger partial charge < -0.3 is 5.32 Å². The minimum atomic E-state index is 0.290. The highest BCUT2D eigenvalue weighted by Crippen LogP contribution is 2.65. The molecule has 0 aromatic heterocycles. The highest BCUT2D eigenvalue weighted by atomic mass is 127. The molecule has 2 heterocycles. The molecular weight excluding hydrogens is 359 g/mol. The van der Waals surface area contributed by atoms with E-state index in [2.05, 4.69) is 41.9 Å². The zero-order valence-corrected chi connectivity index (χ0v) is 15.2. The fourth-order valence-corrected chi connectivity index (χ4v) is 12.1. The third kappa shape index (κ3) is 3.18. The van der Waals surface area contributed by atoms with E-state index in [-0.39, 0.29) is 0 Å². The maximum atomic E-state index is 3.77. The van der Waals surface area contributed by atoms with Gasteiger partial charge in [-0.2, -0.15) is 0 Å². The summed E-state index contributed by atoms with van der Waals surface area (Å²) in [6.45, 7) is 2.34. The Hall–Kier alpha value is 1.55. The van der Waals surface area contributed by atoms with Crippen molar-refractivity contribution in [2.45, 2.75) is 60.1 Å². The zero-order valence-electron chi connectivity index (χ0n) is 11.1. The molecule has 4 heteroatoms. The molecule has 0 amide bonds. The van der Waals surface area contributed by atoms with Crippen molar-refractivity contribution in [2.24, 2.45) is 0 Å². The van der Waals surface area contributed by atoms with Crippen LogP contribution in [0.4, 0.5) is 0 Å². The molecule has 1 nitrogen and oxygen atoms in total. The number of hydrogen-bond acceptors (Lipinski definition) is 1. The van der Waals surface area contributed by atoms with Crippen LogP contribution >= 0.6 is 39.1 Å². The van der Waals surface area contributed by atoms with Gasteiger partial charge >= 0.3 is 0 Å². The molecule has 0 spiro atoms. The normalized spacial score (nSPS) is 41.1. The maximum Gasteiger partial charge on any atom is 0.0417 e. The average Bonchev–Trinajstić information content (AvgIpc) is 2.99. The van der Waals surface area contributed by atoms with Crippen LogP contribution in [0.1, 0.15) is 45.4 Å². The predicted molar refractivity (Wildman–Crippen MR) is 91.7 cm³/mol. The Kier molecular flexibility index (Phi) is 6.00. The highest BCUT2D eigenvalue weighted by molar-refractivity contribution is 14.1. The largest absolute Gasteiger partial charge is 0.310 e. The average molecular weight is 385 g/mol. The molecule has 0 aliphatic carbocycles. The zero-order chi connectivity index (χ0) is 12.3. The Morgan fingerprint density at radius 2 is 2.35 bits per heavy atom. The van der Waals surface area contributed by atoms with E-state index in [1.807, 2.05) is 0 Å². The van der Waals surface area contributed by atoms with E-state index in [1.54, 1.807) is 6.16 Å². The Morgan fingerprint density at radius 1 is 1.53 bits per heavy atom. The molecule has 0 radical (unpaired) electrons. The number of hydrogen-bond donors (Lipinski definition) is 1. The van der Waals surface area contributed by atoms with Crippen LogP contribution in [0.3, 0.4) is 0 Å². The highest BCUT2D eigenvalue weighted by Gasteiger charge is 2.46. The van der Waals surface area contributed by atoms with Crippen LogP contribution in [-0.2, 0) is 0 Å². The first-order valence-electron chi connectivity index (χ1n) is 7.07. The number of halogens is 1. The molecule has 0 saturated carbocycles. The summed E-state index contributed by atoms with van der Waals surface area (Å²) in [5.41, 5.74) is 1.04. The van der Waals surface area contributed by atoms with E-state index < -0.39 is 0 Å². The molecule has 3 unspecified atom stereocenters. The molecular formula is C13H26INP2. The molecule has 17 heavy (non-hydrogen) atoms. The van der Waals surface area contributed by atoms with Gasteiger partial charge in [-0.3, -0.25) is 0 Å². The van der Waals surface area contributed by atoms with Gasteiger partial charge in [0.15, 0.2) is 0 Å². The maximum absolute atomic E-state index is 3.77. The van der Waals surface area contributed by atoms with E-state index >= 15 is 0 Å². The van der Waals surface area contributed by atoms with Gasteiger partial charge in [-0.1, -0.05) is 52.4 Å². The first kappa shape index (κ1) is 14.9. The predicted octanol–water partition coefficient (Wildman–Crippen LogP) is 4.58. The molecule has 100 valence electrons. The standard InChI is InChI=1S/C13H26INP2/c1-3-6-12(14)17-10-4-7-11(17)13(15-2)8-5-9-16-13/h11-12,15-16H,3-10H2,1-2H3/t11-,12?,13?,17+/m0/s1. The van der Waals surface area contributed by atoms with Crippen LogP contribution < -0.4 is 5.32 Å². The van der Waals surface area contributed by atoms with E-state index in [1.165, 1.54) is 53.3 Å². The lowest BCUT2D eigenvalue weighted by molar-refractivity contribution is 0.454. The number of nitrogens with one attached hydrogen (secondary N) is 1. The molecule has 2 aliphatic rings. The van der Waals surface area contributed by atoms with Crippen LogP contribution in [0.15, 0.2) is 0 Å². The lowest BCUT2D eigenvalue weighted by Crippen LogP contribution is -2.45. The first-order valence-corrected chi connectivity index (χ1v) is 11.2. The fourth-order valence-electron chi connectivity index (χ4n) is 3.49. The van der Waals surface area contributed by atoms with Crippen molar-refractivity contribution in [1.82, 2.24) is 5.32 Å². The summed E-state index contributed by atoms with van der Waals surface area (Å²) in [5.74, 6) is 0. The van der Waals surface area contributed by atoms with Gasteiger partial charge in [0.25, 0.3) is 0 Å². The molecule has 2 aliphatic heterocycles. The van der Waals surface area contributed by atoms with Crippen molar-refractivity contribution in [3.05, 3.63) is 0 Å². The minimum Gasteiger partial charge on any atom is -0.310 e. The molecule has 2 saturated heterocycles. The van der Waals surface area contributed by atoms with Gasteiger partial charge in [-0.25, -0.2) is 0 Å². The lowest BCUT2D eigenvalue weighted by atomic mass is 10.0. The SMILES string of the molecule is CCCC(I)[P@]1CCC[C@H]1C1(NC)CCCP1. The minimum absolute atomic E-state index is 0.290. The van der Waals surface area contributed by atoms with Gasteiger partial charge in [0.05, 0.1) is 0 Å². The Balaban J connectivity index is 2.07. The monoisotopic (exact) mass is 385 g/mol. The molecule has 2 rings (SSSR count). The van der Waals surface area contributed by atoms with E-state index in [0.29, 0.717) is 13.2 Å². The number of alkyl halides is 1. The summed E-state index contributed by atoms with van der Waals surface area (Å²) in [7, 11) is 3.70. The summed E-state index contributed by atoms with van der Waals surface area (Å²) in [6, 6.07) is 0.